The van der Waals surface area contributed by atoms with Crippen molar-refractivity contribution in [3.8, 4) is 12.3 Å². The number of hydrogen-bond acceptors (Lipinski definition) is 3. The SMILES string of the molecule is C#CCC(N)C(=O)N(CCN(C)C)CC(C)C. The lowest BCUT2D eigenvalue weighted by Crippen LogP contribution is -2.47. The van der Waals surface area contributed by atoms with E-state index >= 15 is 0 Å². The van der Waals surface area contributed by atoms with E-state index < -0.39 is 6.04 Å². The molecule has 0 aromatic heterocycles. The Labute approximate surface area is 105 Å². The number of terminal acetylenes is 1. The van der Waals surface area contributed by atoms with Crippen molar-refractivity contribution in [2.75, 3.05) is 33.7 Å². The van der Waals surface area contributed by atoms with Gasteiger partial charge in [-0.2, -0.15) is 0 Å². The maximum absolute atomic E-state index is 12.1. The van der Waals surface area contributed by atoms with Gasteiger partial charge >= 0.3 is 0 Å². The molecule has 1 atom stereocenters. The van der Waals surface area contributed by atoms with Crippen molar-refractivity contribution < 1.29 is 4.79 Å². The van der Waals surface area contributed by atoms with E-state index in [-0.39, 0.29) is 5.91 Å². The highest BCUT2D eigenvalue weighted by Crippen LogP contribution is 2.03. The Morgan fingerprint density at radius 3 is 2.35 bits per heavy atom. The first kappa shape index (κ1) is 16.0. The molecule has 0 aromatic rings. The third-order valence-corrected chi connectivity index (χ3v) is 2.37. The summed E-state index contributed by atoms with van der Waals surface area (Å²) in [6.45, 7) is 6.43. The molecule has 0 saturated heterocycles. The number of amides is 1. The average molecular weight is 239 g/mol. The molecule has 0 bridgehead atoms. The highest BCUT2D eigenvalue weighted by atomic mass is 16.2. The van der Waals surface area contributed by atoms with Gasteiger partial charge in [0.25, 0.3) is 0 Å². The molecule has 1 unspecified atom stereocenters. The molecule has 0 radical (unpaired) electrons. The normalized spacial score (nSPS) is 12.6. The molecule has 0 aromatic carbocycles. The van der Waals surface area contributed by atoms with Crippen molar-refractivity contribution in [1.82, 2.24) is 9.80 Å². The fourth-order valence-corrected chi connectivity index (χ4v) is 1.50. The van der Waals surface area contributed by atoms with Gasteiger partial charge in [0.1, 0.15) is 0 Å². The summed E-state index contributed by atoms with van der Waals surface area (Å²) < 4.78 is 0. The number of carbonyl (C=O) groups is 1. The van der Waals surface area contributed by atoms with Crippen LogP contribution in [-0.4, -0.2) is 55.5 Å². The first-order valence-electron chi connectivity index (χ1n) is 6.01. The summed E-state index contributed by atoms with van der Waals surface area (Å²) in [5.74, 6) is 2.83. The third kappa shape index (κ3) is 6.98. The van der Waals surface area contributed by atoms with E-state index in [4.69, 9.17) is 12.2 Å². The van der Waals surface area contributed by atoms with Crippen LogP contribution in [0.3, 0.4) is 0 Å². The van der Waals surface area contributed by atoms with Gasteiger partial charge < -0.3 is 15.5 Å². The van der Waals surface area contributed by atoms with Crippen molar-refractivity contribution in [2.45, 2.75) is 26.3 Å². The number of carbonyl (C=O) groups excluding carboxylic acids is 1. The molecule has 4 nitrogen and oxygen atoms in total. The summed E-state index contributed by atoms with van der Waals surface area (Å²) >= 11 is 0. The zero-order valence-corrected chi connectivity index (χ0v) is 11.4. The topological polar surface area (TPSA) is 49.6 Å². The van der Waals surface area contributed by atoms with Crippen molar-refractivity contribution in [3.63, 3.8) is 0 Å². The maximum Gasteiger partial charge on any atom is 0.240 e. The standard InChI is InChI=1S/C13H25N3O/c1-6-7-12(14)13(17)16(10-11(2)3)9-8-15(4)5/h1,11-12H,7-10,14H2,2-5H3. The van der Waals surface area contributed by atoms with Gasteiger partial charge in [0.2, 0.25) is 5.91 Å². The second kappa shape index (κ2) is 8.10. The highest BCUT2D eigenvalue weighted by Gasteiger charge is 2.20. The van der Waals surface area contributed by atoms with Crippen molar-refractivity contribution in [1.29, 1.82) is 0 Å². The number of likely N-dealkylation sites (N-methyl/N-ethyl adjacent to an activating group) is 1. The molecule has 0 spiro atoms. The van der Waals surface area contributed by atoms with Crippen LogP contribution in [0.25, 0.3) is 0 Å². The fraction of sp³-hybridized carbons (Fsp3) is 0.769. The fourth-order valence-electron chi connectivity index (χ4n) is 1.50. The Morgan fingerprint density at radius 2 is 1.94 bits per heavy atom. The van der Waals surface area contributed by atoms with Crippen LogP contribution in [0.15, 0.2) is 0 Å². The highest BCUT2D eigenvalue weighted by molar-refractivity contribution is 5.82. The second-order valence-corrected chi connectivity index (χ2v) is 5.00. The second-order valence-electron chi connectivity index (χ2n) is 5.00. The predicted molar refractivity (Wildman–Crippen MR) is 71.4 cm³/mol. The molecule has 4 heteroatoms. The summed E-state index contributed by atoms with van der Waals surface area (Å²) in [5, 5.41) is 0. The lowest BCUT2D eigenvalue weighted by atomic mass is 10.1. The summed E-state index contributed by atoms with van der Waals surface area (Å²) in [4.78, 5) is 15.9. The number of hydrogen-bond donors (Lipinski definition) is 1. The summed E-state index contributed by atoms with van der Waals surface area (Å²) in [7, 11) is 3.97. The first-order valence-corrected chi connectivity index (χ1v) is 6.01. The first-order chi connectivity index (χ1) is 7.88. The lowest BCUT2D eigenvalue weighted by molar-refractivity contribution is -0.133. The monoisotopic (exact) mass is 239 g/mol. The molecule has 0 fully saturated rings. The number of rotatable bonds is 7. The molecule has 0 aliphatic heterocycles. The average Bonchev–Trinajstić information content (AvgIpc) is 2.22. The van der Waals surface area contributed by atoms with Crippen molar-refractivity contribution in [3.05, 3.63) is 0 Å². The van der Waals surface area contributed by atoms with Crippen LogP contribution in [0.2, 0.25) is 0 Å². The van der Waals surface area contributed by atoms with Gasteiger partial charge in [-0.1, -0.05) is 13.8 Å². The zero-order valence-electron chi connectivity index (χ0n) is 11.4. The Morgan fingerprint density at radius 1 is 1.35 bits per heavy atom. The Balaban J connectivity index is 4.45. The zero-order chi connectivity index (χ0) is 13.4. The van der Waals surface area contributed by atoms with Gasteiger partial charge in [-0.3, -0.25) is 4.79 Å². The number of nitrogens with two attached hydrogens (primary N) is 1. The van der Waals surface area contributed by atoms with Gasteiger partial charge in [0, 0.05) is 26.1 Å². The predicted octanol–water partition coefficient (Wildman–Crippen LogP) is 0.383. The minimum absolute atomic E-state index is 0.0431. The van der Waals surface area contributed by atoms with E-state index in [2.05, 4.69) is 19.8 Å². The van der Waals surface area contributed by atoms with E-state index in [1.54, 1.807) is 0 Å². The molecular weight excluding hydrogens is 214 g/mol. The molecule has 0 rings (SSSR count). The molecule has 0 saturated carbocycles. The minimum Gasteiger partial charge on any atom is -0.340 e. The Bertz CT molecular complexity index is 268. The molecule has 17 heavy (non-hydrogen) atoms. The van der Waals surface area contributed by atoms with Gasteiger partial charge in [-0.25, -0.2) is 0 Å². The maximum atomic E-state index is 12.1. The van der Waals surface area contributed by atoms with Crippen LogP contribution >= 0.6 is 0 Å². The van der Waals surface area contributed by atoms with Crippen LogP contribution in [0.4, 0.5) is 0 Å². The molecule has 0 aliphatic rings. The smallest absolute Gasteiger partial charge is 0.240 e. The van der Waals surface area contributed by atoms with Crippen LogP contribution in [0.5, 0.6) is 0 Å². The molecule has 2 N–H and O–H groups in total. The lowest BCUT2D eigenvalue weighted by Gasteiger charge is -2.28. The van der Waals surface area contributed by atoms with Crippen molar-refractivity contribution >= 4 is 5.91 Å². The molecule has 0 heterocycles. The molecular formula is C13H25N3O. The Kier molecular flexibility index (Phi) is 7.60. The van der Waals surface area contributed by atoms with Gasteiger partial charge in [-0.15, -0.1) is 12.3 Å². The van der Waals surface area contributed by atoms with E-state index in [1.165, 1.54) is 0 Å². The van der Waals surface area contributed by atoms with E-state index in [0.717, 1.165) is 13.1 Å². The number of nitrogens with zero attached hydrogens (tertiary/aromatic N) is 2. The largest absolute Gasteiger partial charge is 0.340 e. The van der Waals surface area contributed by atoms with Gasteiger partial charge in [0.05, 0.1) is 6.04 Å². The van der Waals surface area contributed by atoms with E-state index in [0.29, 0.717) is 18.9 Å². The molecule has 0 aliphatic carbocycles. The summed E-state index contributed by atoms with van der Waals surface area (Å²) in [6.07, 6.45) is 5.48. The van der Waals surface area contributed by atoms with E-state index in [1.807, 2.05) is 23.9 Å². The molecule has 98 valence electrons. The quantitative estimate of drug-likeness (QED) is 0.654. The van der Waals surface area contributed by atoms with Crippen LogP contribution in [0, 0.1) is 18.3 Å². The van der Waals surface area contributed by atoms with Gasteiger partial charge in [-0.05, 0) is 20.0 Å². The third-order valence-electron chi connectivity index (χ3n) is 2.37. The van der Waals surface area contributed by atoms with Gasteiger partial charge in [0.15, 0.2) is 0 Å². The van der Waals surface area contributed by atoms with Crippen LogP contribution < -0.4 is 5.73 Å². The van der Waals surface area contributed by atoms with Crippen molar-refractivity contribution in [2.24, 2.45) is 11.7 Å². The minimum atomic E-state index is -0.569. The summed E-state index contributed by atoms with van der Waals surface area (Å²) in [5.41, 5.74) is 5.76. The summed E-state index contributed by atoms with van der Waals surface area (Å²) in [6, 6.07) is -0.569. The van der Waals surface area contributed by atoms with Crippen LogP contribution in [-0.2, 0) is 4.79 Å². The molecule has 1 amide bonds. The Hall–Kier alpha value is -1.05. The van der Waals surface area contributed by atoms with Crippen LogP contribution in [0.1, 0.15) is 20.3 Å². The van der Waals surface area contributed by atoms with E-state index in [9.17, 15) is 4.79 Å².